The number of anilines is 1. The number of aromatic nitrogens is 2. The Morgan fingerprint density at radius 3 is 2.95 bits per heavy atom. The number of nitrogens with zero attached hydrogens (tertiary/aromatic N) is 2. The van der Waals surface area contributed by atoms with Gasteiger partial charge in [-0.2, -0.15) is 0 Å². The molecule has 0 fully saturated rings. The summed E-state index contributed by atoms with van der Waals surface area (Å²) in [6, 6.07) is 7.72. The van der Waals surface area contributed by atoms with E-state index in [9.17, 15) is 4.79 Å². The number of unbranched alkanes of at least 4 members (excludes halogenated alkanes) is 1. The van der Waals surface area contributed by atoms with E-state index in [1.54, 1.807) is 6.08 Å². The Bertz CT molecular complexity index is 639. The lowest BCUT2D eigenvalue weighted by Crippen LogP contribution is -2.07. The van der Waals surface area contributed by atoms with Gasteiger partial charge < -0.3 is 0 Å². The van der Waals surface area contributed by atoms with Gasteiger partial charge in [-0.1, -0.05) is 58.8 Å². The van der Waals surface area contributed by atoms with Crippen molar-refractivity contribution in [3.63, 3.8) is 0 Å². The minimum absolute atomic E-state index is 0.205. The van der Waals surface area contributed by atoms with Crippen LogP contribution in [0, 0.1) is 0 Å². The van der Waals surface area contributed by atoms with Crippen LogP contribution in [0.1, 0.15) is 30.3 Å². The first-order valence-corrected chi connectivity index (χ1v) is 8.36. The van der Waals surface area contributed by atoms with Crippen molar-refractivity contribution in [2.24, 2.45) is 0 Å². The monoisotopic (exact) mass is 365 g/mol. The van der Waals surface area contributed by atoms with Crippen molar-refractivity contribution in [2.45, 2.75) is 26.2 Å². The second-order valence-corrected chi connectivity index (χ2v) is 6.37. The molecule has 1 amide bonds. The van der Waals surface area contributed by atoms with Crippen molar-refractivity contribution in [1.29, 1.82) is 0 Å². The molecule has 0 aliphatic heterocycles. The molecule has 1 aromatic heterocycles. The van der Waals surface area contributed by atoms with E-state index in [0.29, 0.717) is 5.13 Å². The highest BCUT2D eigenvalue weighted by molar-refractivity contribution is 9.10. The van der Waals surface area contributed by atoms with Gasteiger partial charge in [0.25, 0.3) is 0 Å². The van der Waals surface area contributed by atoms with E-state index in [0.717, 1.165) is 34.3 Å². The number of hydrogen-bond acceptors (Lipinski definition) is 4. The number of carbonyl (C=O) groups is 1. The minimum Gasteiger partial charge on any atom is -0.297 e. The standard InChI is InChI=1S/C15H16BrN3OS/c1-2-3-8-14-18-19-15(21-14)17-13(20)10-9-11-6-4-5-7-12(11)16/h4-7,9-10H,2-3,8H2,1H3,(H,17,19,20)/b10-9+. The van der Waals surface area contributed by atoms with E-state index < -0.39 is 0 Å². The van der Waals surface area contributed by atoms with Crippen molar-refractivity contribution < 1.29 is 4.79 Å². The molecule has 4 nitrogen and oxygen atoms in total. The van der Waals surface area contributed by atoms with Crippen LogP contribution in [0.15, 0.2) is 34.8 Å². The van der Waals surface area contributed by atoms with Crippen LogP contribution < -0.4 is 5.32 Å². The molecule has 0 spiro atoms. The molecule has 1 aromatic carbocycles. The lowest BCUT2D eigenvalue weighted by Gasteiger charge is -1.97. The highest BCUT2D eigenvalue weighted by Crippen LogP contribution is 2.18. The second-order valence-electron chi connectivity index (χ2n) is 4.45. The first-order chi connectivity index (χ1) is 10.2. The third-order valence-electron chi connectivity index (χ3n) is 2.76. The Kier molecular flexibility index (Phi) is 6.07. The van der Waals surface area contributed by atoms with E-state index in [-0.39, 0.29) is 5.91 Å². The maximum Gasteiger partial charge on any atom is 0.250 e. The Balaban J connectivity index is 1.92. The summed E-state index contributed by atoms with van der Waals surface area (Å²) in [7, 11) is 0. The lowest BCUT2D eigenvalue weighted by atomic mass is 10.2. The van der Waals surface area contributed by atoms with Crippen LogP contribution in [0.3, 0.4) is 0 Å². The zero-order valence-electron chi connectivity index (χ0n) is 11.7. The average molecular weight is 366 g/mol. The molecule has 0 atom stereocenters. The first-order valence-electron chi connectivity index (χ1n) is 6.75. The molecule has 1 heterocycles. The Labute approximate surface area is 136 Å². The number of rotatable bonds is 6. The number of hydrogen-bond donors (Lipinski definition) is 1. The third-order valence-corrected chi connectivity index (χ3v) is 4.38. The number of aryl methyl sites for hydroxylation is 1. The SMILES string of the molecule is CCCCc1nnc(NC(=O)/C=C/c2ccccc2Br)s1. The molecule has 0 radical (unpaired) electrons. The fourth-order valence-electron chi connectivity index (χ4n) is 1.66. The Morgan fingerprint density at radius 1 is 1.38 bits per heavy atom. The van der Waals surface area contributed by atoms with Crippen LogP contribution in [0.2, 0.25) is 0 Å². The van der Waals surface area contributed by atoms with Crippen LogP contribution in [0.25, 0.3) is 6.08 Å². The zero-order valence-corrected chi connectivity index (χ0v) is 14.1. The molecule has 0 bridgehead atoms. The van der Waals surface area contributed by atoms with Gasteiger partial charge in [0.1, 0.15) is 5.01 Å². The van der Waals surface area contributed by atoms with Gasteiger partial charge in [-0.25, -0.2) is 0 Å². The maximum atomic E-state index is 11.8. The van der Waals surface area contributed by atoms with Gasteiger partial charge in [0.2, 0.25) is 11.0 Å². The summed E-state index contributed by atoms with van der Waals surface area (Å²) in [6.07, 6.45) is 6.38. The normalized spacial score (nSPS) is 11.0. The van der Waals surface area contributed by atoms with E-state index in [1.807, 2.05) is 24.3 Å². The smallest absolute Gasteiger partial charge is 0.250 e. The number of carbonyl (C=O) groups excluding carboxylic acids is 1. The Morgan fingerprint density at radius 2 is 2.19 bits per heavy atom. The summed E-state index contributed by atoms with van der Waals surface area (Å²) in [5.74, 6) is -0.205. The molecule has 21 heavy (non-hydrogen) atoms. The van der Waals surface area contributed by atoms with Gasteiger partial charge in [-0.05, 0) is 24.1 Å². The summed E-state index contributed by atoms with van der Waals surface area (Å²) in [6.45, 7) is 2.14. The van der Waals surface area contributed by atoms with Gasteiger partial charge >= 0.3 is 0 Å². The molecule has 2 rings (SSSR count). The van der Waals surface area contributed by atoms with E-state index in [2.05, 4.69) is 38.4 Å². The van der Waals surface area contributed by atoms with E-state index in [1.165, 1.54) is 17.4 Å². The third kappa shape index (κ3) is 5.06. The van der Waals surface area contributed by atoms with Crippen molar-refractivity contribution in [3.8, 4) is 0 Å². The molecule has 1 N–H and O–H groups in total. The quantitative estimate of drug-likeness (QED) is 0.776. The molecule has 110 valence electrons. The lowest BCUT2D eigenvalue weighted by molar-refractivity contribution is -0.111. The molecule has 0 saturated heterocycles. The topological polar surface area (TPSA) is 54.9 Å². The van der Waals surface area contributed by atoms with Gasteiger partial charge in [0.15, 0.2) is 0 Å². The molecule has 0 unspecified atom stereocenters. The summed E-state index contributed by atoms with van der Waals surface area (Å²) >= 11 is 4.87. The second kappa shape index (κ2) is 8.05. The van der Waals surface area contributed by atoms with Crippen molar-refractivity contribution in [3.05, 3.63) is 45.4 Å². The minimum atomic E-state index is -0.205. The molecular formula is C15H16BrN3OS. The van der Waals surface area contributed by atoms with Crippen molar-refractivity contribution >= 4 is 44.4 Å². The molecule has 0 aliphatic rings. The van der Waals surface area contributed by atoms with Gasteiger partial charge in [0, 0.05) is 17.0 Å². The number of halogens is 1. The fraction of sp³-hybridized carbons (Fsp3) is 0.267. The number of nitrogens with one attached hydrogen (secondary N) is 1. The number of amides is 1. The van der Waals surface area contributed by atoms with E-state index >= 15 is 0 Å². The Hall–Kier alpha value is -1.53. The van der Waals surface area contributed by atoms with Crippen molar-refractivity contribution in [2.75, 3.05) is 5.32 Å². The average Bonchev–Trinajstić information content (AvgIpc) is 2.91. The van der Waals surface area contributed by atoms with Crippen LogP contribution >= 0.6 is 27.3 Å². The van der Waals surface area contributed by atoms with Crippen molar-refractivity contribution in [1.82, 2.24) is 10.2 Å². The highest BCUT2D eigenvalue weighted by atomic mass is 79.9. The van der Waals surface area contributed by atoms with Gasteiger partial charge in [-0.15, -0.1) is 10.2 Å². The van der Waals surface area contributed by atoms with Crippen LogP contribution in [-0.2, 0) is 11.2 Å². The summed E-state index contributed by atoms with van der Waals surface area (Å²) in [4.78, 5) is 11.8. The first kappa shape index (κ1) is 15.9. The summed E-state index contributed by atoms with van der Waals surface area (Å²) in [5, 5.41) is 12.3. The predicted octanol–water partition coefficient (Wildman–Crippen LogP) is 4.30. The summed E-state index contributed by atoms with van der Waals surface area (Å²) < 4.78 is 0.951. The zero-order chi connectivity index (χ0) is 15.1. The van der Waals surface area contributed by atoms with Crippen LogP contribution in [0.5, 0.6) is 0 Å². The van der Waals surface area contributed by atoms with Gasteiger partial charge in [-0.3, -0.25) is 10.1 Å². The predicted molar refractivity (Wildman–Crippen MR) is 90.3 cm³/mol. The molecular weight excluding hydrogens is 350 g/mol. The highest BCUT2D eigenvalue weighted by Gasteiger charge is 2.06. The maximum absolute atomic E-state index is 11.8. The van der Waals surface area contributed by atoms with E-state index in [4.69, 9.17) is 0 Å². The van der Waals surface area contributed by atoms with Crippen LogP contribution in [0.4, 0.5) is 5.13 Å². The largest absolute Gasteiger partial charge is 0.297 e. The van der Waals surface area contributed by atoms with Gasteiger partial charge in [0.05, 0.1) is 0 Å². The molecule has 0 aliphatic carbocycles. The summed E-state index contributed by atoms with van der Waals surface area (Å²) in [5.41, 5.74) is 0.952. The number of benzene rings is 1. The molecule has 0 saturated carbocycles. The fourth-order valence-corrected chi connectivity index (χ4v) is 2.86. The molecule has 6 heteroatoms. The van der Waals surface area contributed by atoms with Crippen LogP contribution in [-0.4, -0.2) is 16.1 Å². The molecule has 2 aromatic rings.